The first-order valence-electron chi connectivity index (χ1n) is 14.7. The molecule has 0 bridgehead atoms. The molecule has 0 aromatic heterocycles. The van der Waals surface area contributed by atoms with E-state index in [-0.39, 0.29) is 0 Å². The van der Waals surface area contributed by atoms with Crippen LogP contribution >= 0.6 is 17.0 Å². The number of aryl methyl sites for hydroxylation is 4. The number of benzene rings is 4. The Balaban J connectivity index is 0.000000200. The molecule has 2 radical (unpaired) electrons. The van der Waals surface area contributed by atoms with Crippen molar-refractivity contribution in [2.45, 2.75) is 60.6 Å². The summed E-state index contributed by atoms with van der Waals surface area (Å²) >= 11 is -0.826. The summed E-state index contributed by atoms with van der Waals surface area (Å²) in [5.74, 6) is 0.584. The second-order valence-corrected chi connectivity index (χ2v) is 16.0. The second kappa shape index (κ2) is 17.3. The van der Waals surface area contributed by atoms with Crippen molar-refractivity contribution in [2.75, 3.05) is 0 Å². The Bertz CT molecular complexity index is 1730. The second-order valence-electron chi connectivity index (χ2n) is 11.3. The third kappa shape index (κ3) is 9.39. The molecule has 6 aromatic carbocycles. The molecular weight excluding hydrogens is 659 g/mol. The van der Waals surface area contributed by atoms with Crippen LogP contribution in [0.25, 0.3) is 43.8 Å². The van der Waals surface area contributed by atoms with Crippen LogP contribution < -0.4 is 0 Å². The Kier molecular flexibility index (Phi) is 14.2. The van der Waals surface area contributed by atoms with Crippen LogP contribution in [0.2, 0.25) is 13.1 Å². The number of halogens is 2. The van der Waals surface area contributed by atoms with Crippen molar-refractivity contribution in [3.05, 3.63) is 131 Å². The summed E-state index contributed by atoms with van der Waals surface area (Å²) in [5, 5.41) is 5.48. The van der Waals surface area contributed by atoms with E-state index in [9.17, 15) is 0 Å². The molecule has 6 rings (SSSR count). The summed E-state index contributed by atoms with van der Waals surface area (Å²) in [5.41, 5.74) is 12.1. The van der Waals surface area contributed by atoms with E-state index in [1.807, 2.05) is 0 Å². The van der Waals surface area contributed by atoms with Gasteiger partial charge in [0.2, 0.25) is 0 Å². The molecule has 0 unspecified atom stereocenters. The minimum atomic E-state index is -0.826. The van der Waals surface area contributed by atoms with Gasteiger partial charge < -0.3 is 0 Å². The summed E-state index contributed by atoms with van der Waals surface area (Å²) < 4.78 is 0. The van der Waals surface area contributed by atoms with E-state index in [2.05, 4.69) is 158 Å². The van der Waals surface area contributed by atoms with Gasteiger partial charge in [-0.3, -0.25) is 0 Å². The van der Waals surface area contributed by atoms with E-state index < -0.39 is 20.8 Å². The molecule has 0 N–H and O–H groups in total. The predicted molar refractivity (Wildman–Crippen MR) is 192 cm³/mol. The van der Waals surface area contributed by atoms with Crippen LogP contribution in [0.5, 0.6) is 0 Å². The van der Waals surface area contributed by atoms with Crippen LogP contribution in [-0.2, 0) is 20.8 Å². The number of hydrogen-bond acceptors (Lipinski definition) is 0. The Morgan fingerprint density at radius 3 is 1.95 bits per heavy atom. The van der Waals surface area contributed by atoms with Crippen LogP contribution in [0.3, 0.4) is 0 Å². The van der Waals surface area contributed by atoms with Crippen molar-refractivity contribution < 1.29 is 20.8 Å². The number of rotatable bonds is 3. The summed E-state index contributed by atoms with van der Waals surface area (Å²) in [6.07, 6.45) is 0. The van der Waals surface area contributed by atoms with Gasteiger partial charge in [-0.05, 0) is 36.5 Å². The Morgan fingerprint density at radius 2 is 1.30 bits per heavy atom. The molecule has 0 aliphatic carbocycles. The molecule has 4 heteroatoms. The molecular formula is C39H42Cl2SiZr. The van der Waals surface area contributed by atoms with E-state index in [1.54, 1.807) is 0 Å². The van der Waals surface area contributed by atoms with Gasteiger partial charge in [-0.15, -0.1) is 68.6 Å². The van der Waals surface area contributed by atoms with E-state index in [4.69, 9.17) is 17.0 Å². The summed E-state index contributed by atoms with van der Waals surface area (Å²) in [6.45, 7) is 17.5. The molecule has 0 nitrogen and oxygen atoms in total. The van der Waals surface area contributed by atoms with Crippen LogP contribution in [0.15, 0.2) is 103 Å². The Labute approximate surface area is 280 Å². The quantitative estimate of drug-likeness (QED) is 0.127. The molecule has 220 valence electrons. The monoisotopic (exact) mass is 698 g/mol. The van der Waals surface area contributed by atoms with Crippen LogP contribution in [0, 0.1) is 27.7 Å². The van der Waals surface area contributed by atoms with Gasteiger partial charge in [0.1, 0.15) is 0 Å². The van der Waals surface area contributed by atoms with Gasteiger partial charge in [0, 0.05) is 9.52 Å². The van der Waals surface area contributed by atoms with Gasteiger partial charge >= 0.3 is 37.9 Å². The minimum absolute atomic E-state index is 0.584. The molecule has 0 saturated carbocycles. The standard InChI is InChI=1S/C19H19.C18H17.C2H6Si.2ClH.Zr/c1-12-5-6-14(3)17(9-12)16-8-7-15(4)18-10-13(2)11-19(16)18;1-13(2)16-11-15-9-6-10-17(18(15)12-16)14-7-4-3-5-8-14;1-3-2;;;/h5-11H,1-4H3;3-13H,1-2H3;1-2H3;2*1H;/q2*-1;;;;+4/p-2. The van der Waals surface area contributed by atoms with Gasteiger partial charge in [0.05, 0.1) is 0 Å². The average Bonchev–Trinajstić information content (AvgIpc) is 3.61. The zero-order valence-electron chi connectivity index (χ0n) is 26.6. The maximum absolute atomic E-state index is 4.93. The Morgan fingerprint density at radius 1 is 0.651 bits per heavy atom. The molecule has 0 saturated heterocycles. The van der Waals surface area contributed by atoms with Crippen molar-refractivity contribution >= 4 is 48.1 Å². The zero-order chi connectivity index (χ0) is 31.5. The molecule has 0 amide bonds. The summed E-state index contributed by atoms with van der Waals surface area (Å²) in [7, 11) is 11.0. The van der Waals surface area contributed by atoms with E-state index in [0.717, 1.165) is 9.52 Å². The fourth-order valence-electron chi connectivity index (χ4n) is 5.31. The maximum atomic E-state index is 4.93. The van der Waals surface area contributed by atoms with Crippen molar-refractivity contribution in [2.24, 2.45) is 0 Å². The van der Waals surface area contributed by atoms with Crippen LogP contribution in [0.1, 0.15) is 47.6 Å². The first kappa shape index (κ1) is 35.3. The molecule has 43 heavy (non-hydrogen) atoms. The van der Waals surface area contributed by atoms with E-state index in [1.165, 1.54) is 71.6 Å². The Hall–Kier alpha value is -2.22. The predicted octanol–water partition coefficient (Wildman–Crippen LogP) is 13.0. The molecule has 0 fully saturated rings. The summed E-state index contributed by atoms with van der Waals surface area (Å²) in [4.78, 5) is 0. The first-order chi connectivity index (χ1) is 20.6. The topological polar surface area (TPSA) is 0 Å². The molecule has 0 aliphatic heterocycles. The molecule has 6 aromatic rings. The molecule has 0 aliphatic rings. The van der Waals surface area contributed by atoms with Crippen molar-refractivity contribution in [1.29, 1.82) is 0 Å². The third-order valence-corrected chi connectivity index (χ3v) is 7.46. The van der Waals surface area contributed by atoms with Crippen molar-refractivity contribution in [1.82, 2.24) is 0 Å². The fourth-order valence-corrected chi connectivity index (χ4v) is 5.31. The SMILES string of the molecule is CC(C)c1cc2c(-c3ccccc3)cccc2[cH-]1.C[Si]C.Cc1ccc(C)c(-c2ccc(C)c3[cH-]c(C)cc23)c1.[Cl][Zr+2][Cl]. The van der Waals surface area contributed by atoms with Gasteiger partial charge in [-0.25, -0.2) is 0 Å². The van der Waals surface area contributed by atoms with Gasteiger partial charge in [0.25, 0.3) is 0 Å². The number of fused-ring (bicyclic) bond motifs is 2. The third-order valence-electron chi connectivity index (χ3n) is 7.46. The summed E-state index contributed by atoms with van der Waals surface area (Å²) in [6, 6.07) is 37.6. The number of hydrogen-bond donors (Lipinski definition) is 0. The average molecular weight is 701 g/mol. The van der Waals surface area contributed by atoms with Crippen molar-refractivity contribution in [3.8, 4) is 22.3 Å². The molecule has 0 atom stereocenters. The molecule has 0 heterocycles. The van der Waals surface area contributed by atoms with Crippen LogP contribution in [-0.4, -0.2) is 9.52 Å². The van der Waals surface area contributed by atoms with Crippen LogP contribution in [0.4, 0.5) is 0 Å². The zero-order valence-corrected chi connectivity index (χ0v) is 31.6. The first-order valence-corrected chi connectivity index (χ1v) is 23.0. The van der Waals surface area contributed by atoms with Gasteiger partial charge in [-0.2, -0.15) is 12.1 Å². The van der Waals surface area contributed by atoms with E-state index >= 15 is 0 Å². The molecule has 0 spiro atoms. The van der Waals surface area contributed by atoms with Gasteiger partial charge in [0.15, 0.2) is 0 Å². The van der Waals surface area contributed by atoms with Crippen molar-refractivity contribution in [3.63, 3.8) is 0 Å². The van der Waals surface area contributed by atoms with E-state index in [0.29, 0.717) is 5.92 Å². The fraction of sp³-hybridized carbons (Fsp3) is 0.231. The van der Waals surface area contributed by atoms with Gasteiger partial charge in [-0.1, -0.05) is 118 Å². The normalized spacial score (nSPS) is 10.3.